The van der Waals surface area contributed by atoms with Crippen molar-refractivity contribution in [2.45, 2.75) is 111 Å². The lowest BCUT2D eigenvalue weighted by Gasteiger charge is -2.60. The normalized spacial score (nSPS) is 50.9. The first-order chi connectivity index (χ1) is 13.4. The molecule has 1 saturated heterocycles. The van der Waals surface area contributed by atoms with Gasteiger partial charge in [0.25, 0.3) is 0 Å². The molecule has 2 bridgehead atoms. The number of ether oxygens (including phenoxy) is 1. The first-order valence-electron chi connectivity index (χ1n) is 13.1. The van der Waals surface area contributed by atoms with Crippen LogP contribution >= 0.6 is 0 Å². The molecule has 1 spiro atoms. The molecule has 1 heterocycles. The van der Waals surface area contributed by atoms with Crippen LogP contribution in [0.4, 0.5) is 0 Å². The molecule has 5 aliphatic rings. The number of hydrogen-bond acceptors (Lipinski definition) is 1. The standard InChI is InChI=1S/C27H46O/c1-18(2)6-5-7-19(3)23-12-13-24-22-11-9-20-8-10-21-16-27(20,17-28-21)25(22)14-15-26(23,24)4/h18-25H,5-17H2,1-4H3/t19-,20-,21+,22-,23+,24-,25-,26+,27+/m1/s1. The molecular weight excluding hydrogens is 340 g/mol. The van der Waals surface area contributed by atoms with Crippen molar-refractivity contribution in [1.29, 1.82) is 0 Å². The Bertz CT molecular complexity index is 569. The Kier molecular flexibility index (Phi) is 5.17. The third-order valence-corrected chi connectivity index (χ3v) is 11.1. The quantitative estimate of drug-likeness (QED) is 0.475. The maximum absolute atomic E-state index is 6.35. The van der Waals surface area contributed by atoms with Crippen LogP contribution in [0.1, 0.15) is 105 Å². The summed E-state index contributed by atoms with van der Waals surface area (Å²) in [6, 6.07) is 0. The fourth-order valence-corrected chi connectivity index (χ4v) is 9.77. The lowest BCUT2D eigenvalue weighted by molar-refractivity contribution is -0.111. The third-order valence-electron chi connectivity index (χ3n) is 11.1. The maximum Gasteiger partial charge on any atom is 0.0581 e. The van der Waals surface area contributed by atoms with Crippen molar-refractivity contribution in [2.24, 2.45) is 52.3 Å². The molecule has 0 N–H and O–H groups in total. The fraction of sp³-hybridized carbons (Fsp3) is 1.00. The Morgan fingerprint density at radius 3 is 2.54 bits per heavy atom. The van der Waals surface area contributed by atoms with Crippen LogP contribution in [0.15, 0.2) is 0 Å². The van der Waals surface area contributed by atoms with E-state index in [1.165, 1.54) is 64.2 Å². The van der Waals surface area contributed by atoms with Crippen molar-refractivity contribution in [3.05, 3.63) is 0 Å². The van der Waals surface area contributed by atoms with Gasteiger partial charge >= 0.3 is 0 Å². The van der Waals surface area contributed by atoms with Crippen LogP contribution in [0, 0.1) is 52.3 Å². The van der Waals surface area contributed by atoms with Crippen molar-refractivity contribution in [2.75, 3.05) is 6.61 Å². The molecule has 0 aromatic heterocycles. The summed E-state index contributed by atoms with van der Waals surface area (Å²) in [4.78, 5) is 0. The summed E-state index contributed by atoms with van der Waals surface area (Å²) in [5.41, 5.74) is 1.25. The SMILES string of the molecule is CC(C)CCC[C@@H](C)[C@@H]1CC[C@@H]2[C@H]3CC[C@H]4CC[C@H]5C[C@@]4(CO5)[C@@H]3CC[C@]21C. The molecule has 1 heteroatoms. The van der Waals surface area contributed by atoms with Gasteiger partial charge in [-0.25, -0.2) is 0 Å². The average molecular weight is 387 g/mol. The van der Waals surface area contributed by atoms with Crippen molar-refractivity contribution in [3.63, 3.8) is 0 Å². The molecule has 1 aliphatic heterocycles. The summed E-state index contributed by atoms with van der Waals surface area (Å²) >= 11 is 0. The molecule has 4 saturated carbocycles. The molecular formula is C27H46O. The van der Waals surface area contributed by atoms with Crippen LogP contribution in [-0.2, 0) is 4.74 Å². The van der Waals surface area contributed by atoms with E-state index in [1.54, 1.807) is 12.8 Å². The van der Waals surface area contributed by atoms with Gasteiger partial charge in [-0.1, -0.05) is 47.0 Å². The predicted octanol–water partition coefficient (Wildman–Crippen LogP) is 7.49. The monoisotopic (exact) mass is 386 g/mol. The summed E-state index contributed by atoms with van der Waals surface area (Å²) in [6.45, 7) is 11.2. The molecule has 0 aromatic carbocycles. The van der Waals surface area contributed by atoms with E-state index < -0.39 is 0 Å². The van der Waals surface area contributed by atoms with Gasteiger partial charge in [0.05, 0.1) is 12.7 Å². The smallest absolute Gasteiger partial charge is 0.0581 e. The molecule has 5 rings (SSSR count). The van der Waals surface area contributed by atoms with E-state index in [2.05, 4.69) is 27.7 Å². The van der Waals surface area contributed by atoms with Gasteiger partial charge < -0.3 is 4.74 Å². The molecule has 0 unspecified atom stereocenters. The van der Waals surface area contributed by atoms with E-state index in [-0.39, 0.29) is 0 Å². The van der Waals surface area contributed by atoms with E-state index >= 15 is 0 Å². The first kappa shape index (κ1) is 19.9. The Balaban J connectivity index is 1.31. The number of hydrogen-bond donors (Lipinski definition) is 0. The predicted molar refractivity (Wildman–Crippen MR) is 117 cm³/mol. The second-order valence-corrected chi connectivity index (χ2v) is 12.6. The van der Waals surface area contributed by atoms with Gasteiger partial charge in [-0.05, 0) is 105 Å². The van der Waals surface area contributed by atoms with E-state index in [0.29, 0.717) is 16.9 Å². The van der Waals surface area contributed by atoms with Gasteiger partial charge in [-0.15, -0.1) is 0 Å². The summed E-state index contributed by atoms with van der Waals surface area (Å²) in [7, 11) is 0. The van der Waals surface area contributed by atoms with E-state index in [0.717, 1.165) is 48.0 Å². The van der Waals surface area contributed by atoms with Crippen LogP contribution in [0.3, 0.4) is 0 Å². The Morgan fingerprint density at radius 2 is 1.71 bits per heavy atom. The van der Waals surface area contributed by atoms with E-state index in [9.17, 15) is 0 Å². The van der Waals surface area contributed by atoms with Crippen molar-refractivity contribution >= 4 is 0 Å². The number of fused-ring (bicyclic) bond motifs is 4. The largest absolute Gasteiger partial charge is 0.378 e. The summed E-state index contributed by atoms with van der Waals surface area (Å²) in [6.07, 6.45) is 18.4. The van der Waals surface area contributed by atoms with Crippen LogP contribution in [0.2, 0.25) is 0 Å². The van der Waals surface area contributed by atoms with Crippen molar-refractivity contribution in [3.8, 4) is 0 Å². The zero-order chi connectivity index (χ0) is 19.5. The van der Waals surface area contributed by atoms with Crippen molar-refractivity contribution in [1.82, 2.24) is 0 Å². The first-order valence-corrected chi connectivity index (χ1v) is 13.1. The van der Waals surface area contributed by atoms with Gasteiger partial charge in [-0.2, -0.15) is 0 Å². The average Bonchev–Trinajstić information content (AvgIpc) is 3.18. The molecule has 9 atom stereocenters. The lowest BCUT2D eigenvalue weighted by atomic mass is 9.44. The topological polar surface area (TPSA) is 9.23 Å². The number of rotatable bonds is 5. The highest BCUT2D eigenvalue weighted by atomic mass is 16.5. The van der Waals surface area contributed by atoms with Crippen LogP contribution in [0.5, 0.6) is 0 Å². The zero-order valence-electron chi connectivity index (χ0n) is 19.2. The van der Waals surface area contributed by atoms with Gasteiger partial charge in [0.1, 0.15) is 0 Å². The highest BCUT2D eigenvalue weighted by Gasteiger charge is 2.63. The Labute approximate surface area is 174 Å². The molecule has 0 aromatic rings. The van der Waals surface area contributed by atoms with Crippen LogP contribution in [-0.4, -0.2) is 12.7 Å². The minimum absolute atomic E-state index is 0.605. The Morgan fingerprint density at radius 1 is 0.893 bits per heavy atom. The molecule has 1 nitrogen and oxygen atoms in total. The maximum atomic E-state index is 6.35. The molecule has 28 heavy (non-hydrogen) atoms. The van der Waals surface area contributed by atoms with Gasteiger partial charge in [0.15, 0.2) is 0 Å². The van der Waals surface area contributed by atoms with Crippen molar-refractivity contribution < 1.29 is 4.74 Å². The highest BCUT2D eigenvalue weighted by molar-refractivity contribution is 5.12. The summed E-state index contributed by atoms with van der Waals surface area (Å²) in [5, 5.41) is 0. The van der Waals surface area contributed by atoms with E-state index in [1.807, 2.05) is 0 Å². The molecule has 0 radical (unpaired) electrons. The summed E-state index contributed by atoms with van der Waals surface area (Å²) < 4.78 is 6.35. The molecule has 0 amide bonds. The zero-order valence-corrected chi connectivity index (χ0v) is 19.2. The lowest BCUT2D eigenvalue weighted by Crippen LogP contribution is -2.54. The third kappa shape index (κ3) is 2.96. The van der Waals surface area contributed by atoms with Gasteiger partial charge in [0.2, 0.25) is 0 Å². The van der Waals surface area contributed by atoms with Gasteiger partial charge in [0, 0.05) is 5.41 Å². The fourth-order valence-electron chi connectivity index (χ4n) is 9.77. The van der Waals surface area contributed by atoms with Crippen LogP contribution < -0.4 is 0 Å². The second kappa shape index (κ2) is 7.28. The summed E-state index contributed by atoms with van der Waals surface area (Å²) in [5.74, 6) is 6.88. The van der Waals surface area contributed by atoms with Gasteiger partial charge in [-0.3, -0.25) is 0 Å². The second-order valence-electron chi connectivity index (χ2n) is 12.6. The highest BCUT2D eigenvalue weighted by Crippen LogP contribution is 2.69. The van der Waals surface area contributed by atoms with E-state index in [4.69, 9.17) is 4.74 Å². The molecule has 4 aliphatic carbocycles. The van der Waals surface area contributed by atoms with Crippen LogP contribution in [0.25, 0.3) is 0 Å². The molecule has 160 valence electrons. The Hall–Kier alpha value is -0.0400. The minimum atomic E-state index is 0.605. The molecule has 5 fully saturated rings. The minimum Gasteiger partial charge on any atom is -0.378 e.